The highest BCUT2D eigenvalue weighted by Gasteiger charge is 2.00. The van der Waals surface area contributed by atoms with Crippen LogP contribution in [0.1, 0.15) is 12.5 Å². The van der Waals surface area contributed by atoms with Crippen molar-refractivity contribution in [3.63, 3.8) is 0 Å². The van der Waals surface area contributed by atoms with Gasteiger partial charge in [-0.3, -0.25) is 0 Å². The van der Waals surface area contributed by atoms with Crippen molar-refractivity contribution in [2.45, 2.75) is 19.5 Å². The van der Waals surface area contributed by atoms with Crippen molar-refractivity contribution >= 4 is 0 Å². The first-order valence-corrected chi connectivity index (χ1v) is 4.46. The van der Waals surface area contributed by atoms with E-state index in [0.717, 1.165) is 11.6 Å². The van der Waals surface area contributed by atoms with Crippen molar-refractivity contribution in [2.75, 3.05) is 0 Å². The number of benzene rings is 1. The predicted octanol–water partition coefficient (Wildman–Crippen LogP) is 2.20. The third-order valence-corrected chi connectivity index (χ3v) is 1.92. The largest absolute Gasteiger partial charge is 0.508 e. The third kappa shape index (κ3) is 3.18. The third-order valence-electron chi connectivity index (χ3n) is 1.92. The lowest BCUT2D eigenvalue weighted by Gasteiger charge is -2.09. The van der Waals surface area contributed by atoms with E-state index < -0.39 is 5.82 Å². The molecule has 76 valence electrons. The standard InChI is InChI=1S/C11H14FNO/c1-3-8(2)13-7-9-4-10(12)6-11(14)5-9/h3-6,8,13-14H,1,7H2,2H3. The molecule has 0 aromatic heterocycles. The van der Waals surface area contributed by atoms with Gasteiger partial charge in [-0.05, 0) is 24.6 Å². The summed E-state index contributed by atoms with van der Waals surface area (Å²) >= 11 is 0. The molecule has 14 heavy (non-hydrogen) atoms. The lowest BCUT2D eigenvalue weighted by atomic mass is 10.2. The van der Waals surface area contributed by atoms with Crippen molar-refractivity contribution in [1.29, 1.82) is 0 Å². The van der Waals surface area contributed by atoms with E-state index in [1.54, 1.807) is 6.08 Å². The van der Waals surface area contributed by atoms with Gasteiger partial charge >= 0.3 is 0 Å². The fraction of sp³-hybridized carbons (Fsp3) is 0.273. The molecule has 0 spiro atoms. The molecule has 0 heterocycles. The quantitative estimate of drug-likeness (QED) is 0.722. The van der Waals surface area contributed by atoms with E-state index in [4.69, 9.17) is 5.11 Å². The summed E-state index contributed by atoms with van der Waals surface area (Å²) in [7, 11) is 0. The summed E-state index contributed by atoms with van der Waals surface area (Å²) in [6.45, 7) is 6.08. The number of halogens is 1. The van der Waals surface area contributed by atoms with Crippen LogP contribution in [0.5, 0.6) is 5.75 Å². The van der Waals surface area contributed by atoms with Crippen molar-refractivity contribution in [1.82, 2.24) is 5.32 Å². The first kappa shape index (κ1) is 10.7. The molecule has 1 unspecified atom stereocenters. The van der Waals surface area contributed by atoms with E-state index >= 15 is 0 Å². The Kier molecular flexibility index (Phi) is 3.65. The van der Waals surface area contributed by atoms with E-state index in [9.17, 15) is 4.39 Å². The average molecular weight is 195 g/mol. The topological polar surface area (TPSA) is 32.3 Å². The second-order valence-electron chi connectivity index (χ2n) is 3.22. The molecule has 1 atom stereocenters. The summed E-state index contributed by atoms with van der Waals surface area (Å²) in [6.07, 6.45) is 1.76. The van der Waals surface area contributed by atoms with Crippen LogP contribution < -0.4 is 5.32 Å². The Morgan fingerprint density at radius 2 is 2.29 bits per heavy atom. The van der Waals surface area contributed by atoms with Gasteiger partial charge in [-0.2, -0.15) is 0 Å². The second-order valence-corrected chi connectivity index (χ2v) is 3.22. The molecule has 0 bridgehead atoms. The monoisotopic (exact) mass is 195 g/mol. The van der Waals surface area contributed by atoms with Crippen molar-refractivity contribution in [3.8, 4) is 5.75 Å². The highest BCUT2D eigenvalue weighted by molar-refractivity contribution is 5.28. The van der Waals surface area contributed by atoms with Gasteiger partial charge in [0.1, 0.15) is 11.6 Å². The van der Waals surface area contributed by atoms with Crippen LogP contribution in [-0.4, -0.2) is 11.1 Å². The summed E-state index contributed by atoms with van der Waals surface area (Å²) in [4.78, 5) is 0. The van der Waals surface area contributed by atoms with Crippen LogP contribution in [0.25, 0.3) is 0 Å². The molecule has 0 aliphatic rings. The second kappa shape index (κ2) is 4.77. The smallest absolute Gasteiger partial charge is 0.127 e. The van der Waals surface area contributed by atoms with E-state index in [2.05, 4.69) is 11.9 Å². The van der Waals surface area contributed by atoms with E-state index in [-0.39, 0.29) is 11.8 Å². The van der Waals surface area contributed by atoms with Crippen molar-refractivity contribution in [2.24, 2.45) is 0 Å². The summed E-state index contributed by atoms with van der Waals surface area (Å²) in [6, 6.07) is 4.18. The molecule has 0 fully saturated rings. The zero-order chi connectivity index (χ0) is 10.6. The Labute approximate surface area is 83.1 Å². The van der Waals surface area contributed by atoms with Gasteiger partial charge in [0.2, 0.25) is 0 Å². The zero-order valence-corrected chi connectivity index (χ0v) is 8.13. The summed E-state index contributed by atoms with van der Waals surface area (Å²) < 4.78 is 12.8. The molecule has 0 saturated heterocycles. The molecule has 0 radical (unpaired) electrons. The van der Waals surface area contributed by atoms with Gasteiger partial charge in [0, 0.05) is 18.7 Å². The molecule has 2 nitrogen and oxygen atoms in total. The van der Waals surface area contributed by atoms with Gasteiger partial charge < -0.3 is 10.4 Å². The molecule has 3 heteroatoms. The maximum absolute atomic E-state index is 12.8. The van der Waals surface area contributed by atoms with Gasteiger partial charge in [-0.15, -0.1) is 6.58 Å². The Morgan fingerprint density at radius 1 is 1.57 bits per heavy atom. The normalized spacial score (nSPS) is 12.4. The number of rotatable bonds is 4. The van der Waals surface area contributed by atoms with E-state index in [0.29, 0.717) is 6.54 Å². The Balaban J connectivity index is 2.62. The fourth-order valence-corrected chi connectivity index (χ4v) is 1.10. The number of aromatic hydroxyl groups is 1. The van der Waals surface area contributed by atoms with Gasteiger partial charge in [0.25, 0.3) is 0 Å². The number of phenolic OH excluding ortho intramolecular Hbond substituents is 1. The lowest BCUT2D eigenvalue weighted by molar-refractivity contribution is 0.467. The molecule has 1 aromatic rings. The maximum Gasteiger partial charge on any atom is 0.127 e. The Morgan fingerprint density at radius 3 is 2.86 bits per heavy atom. The van der Waals surface area contributed by atoms with E-state index in [1.165, 1.54) is 12.1 Å². The van der Waals surface area contributed by atoms with Crippen LogP contribution in [-0.2, 0) is 6.54 Å². The zero-order valence-electron chi connectivity index (χ0n) is 8.13. The first-order chi connectivity index (χ1) is 6.61. The Hall–Kier alpha value is -1.35. The SMILES string of the molecule is C=CC(C)NCc1cc(O)cc(F)c1. The summed E-state index contributed by atoms with van der Waals surface area (Å²) in [5, 5.41) is 12.2. The number of phenols is 1. The van der Waals surface area contributed by atoms with Gasteiger partial charge in [0.05, 0.1) is 0 Å². The fourth-order valence-electron chi connectivity index (χ4n) is 1.10. The van der Waals surface area contributed by atoms with Crippen LogP contribution in [0, 0.1) is 5.82 Å². The average Bonchev–Trinajstić information content (AvgIpc) is 2.12. The molecule has 2 N–H and O–H groups in total. The molecule has 0 amide bonds. The highest BCUT2D eigenvalue weighted by Crippen LogP contribution is 2.14. The minimum Gasteiger partial charge on any atom is -0.508 e. The van der Waals surface area contributed by atoms with Gasteiger partial charge in [-0.25, -0.2) is 4.39 Å². The van der Waals surface area contributed by atoms with Crippen LogP contribution in [0.4, 0.5) is 4.39 Å². The molecule has 0 saturated carbocycles. The van der Waals surface area contributed by atoms with Crippen LogP contribution in [0.3, 0.4) is 0 Å². The number of hydrogen-bond donors (Lipinski definition) is 2. The summed E-state index contributed by atoms with van der Waals surface area (Å²) in [5.41, 5.74) is 0.719. The van der Waals surface area contributed by atoms with Crippen LogP contribution in [0.15, 0.2) is 30.9 Å². The van der Waals surface area contributed by atoms with E-state index in [1.807, 2.05) is 6.92 Å². The summed E-state index contributed by atoms with van der Waals surface area (Å²) in [5.74, 6) is -0.471. The minimum absolute atomic E-state index is 0.0481. The number of nitrogens with one attached hydrogen (secondary N) is 1. The molecule has 1 aromatic carbocycles. The molecular formula is C11H14FNO. The van der Waals surface area contributed by atoms with Crippen molar-refractivity contribution < 1.29 is 9.50 Å². The molecule has 0 aliphatic carbocycles. The molecular weight excluding hydrogens is 181 g/mol. The van der Waals surface area contributed by atoms with Gasteiger partial charge in [0.15, 0.2) is 0 Å². The number of hydrogen-bond acceptors (Lipinski definition) is 2. The molecule has 1 rings (SSSR count). The highest BCUT2D eigenvalue weighted by atomic mass is 19.1. The maximum atomic E-state index is 12.8. The Bertz CT molecular complexity index is 305. The minimum atomic E-state index is -0.423. The van der Waals surface area contributed by atoms with Gasteiger partial charge in [-0.1, -0.05) is 6.08 Å². The van der Waals surface area contributed by atoms with Crippen LogP contribution in [0.2, 0.25) is 0 Å². The molecule has 0 aliphatic heterocycles. The predicted molar refractivity (Wildman–Crippen MR) is 54.6 cm³/mol. The van der Waals surface area contributed by atoms with Crippen molar-refractivity contribution in [3.05, 3.63) is 42.2 Å². The lowest BCUT2D eigenvalue weighted by Crippen LogP contribution is -2.22. The first-order valence-electron chi connectivity index (χ1n) is 4.46. The van der Waals surface area contributed by atoms with Crippen LogP contribution >= 0.6 is 0 Å².